The van der Waals surface area contributed by atoms with Gasteiger partial charge in [-0.3, -0.25) is 10.1 Å². The minimum Gasteiger partial charge on any atom is -0.399 e. The Labute approximate surface area is 122 Å². The van der Waals surface area contributed by atoms with Crippen LogP contribution in [0, 0.1) is 10.1 Å². The molecule has 0 amide bonds. The molecule has 0 spiro atoms. The Bertz CT molecular complexity index is 646. The van der Waals surface area contributed by atoms with E-state index in [-0.39, 0.29) is 36.4 Å². The Morgan fingerprint density at radius 3 is 2.86 bits per heavy atom. The first kappa shape index (κ1) is 15.7. The standard InChI is InChI=1S/C12H17N3O5S/c1-2-10-8-20-6-5-14(10)21(18,19)12-7-9(13)3-4-11(12)15(16)17/h3-4,7,10H,2,5-6,8,13H2,1H3. The Balaban J connectivity index is 2.53. The van der Waals surface area contributed by atoms with Crippen LogP contribution in [0.2, 0.25) is 0 Å². The highest BCUT2D eigenvalue weighted by Gasteiger charge is 2.37. The maximum Gasteiger partial charge on any atom is 0.289 e. The molecule has 0 saturated carbocycles. The van der Waals surface area contributed by atoms with Crippen LogP contribution in [-0.2, 0) is 14.8 Å². The van der Waals surface area contributed by atoms with Crippen molar-refractivity contribution in [2.24, 2.45) is 0 Å². The number of nitro benzene ring substituents is 1. The summed E-state index contributed by atoms with van der Waals surface area (Å²) in [5.74, 6) is 0. The predicted octanol–water partition coefficient (Wildman–Crippen LogP) is 0.976. The fourth-order valence-electron chi connectivity index (χ4n) is 2.29. The molecule has 2 N–H and O–H groups in total. The van der Waals surface area contributed by atoms with Crippen LogP contribution in [-0.4, -0.2) is 43.4 Å². The topological polar surface area (TPSA) is 116 Å². The molecule has 9 heteroatoms. The molecule has 1 aliphatic rings. The molecule has 1 aromatic rings. The van der Waals surface area contributed by atoms with E-state index in [9.17, 15) is 18.5 Å². The molecule has 1 aromatic carbocycles. The fourth-order valence-corrected chi connectivity index (χ4v) is 4.15. The van der Waals surface area contributed by atoms with Gasteiger partial charge in [0.2, 0.25) is 10.0 Å². The van der Waals surface area contributed by atoms with Gasteiger partial charge < -0.3 is 10.5 Å². The van der Waals surface area contributed by atoms with Crippen LogP contribution < -0.4 is 5.73 Å². The number of sulfonamides is 1. The molecule has 1 heterocycles. The fraction of sp³-hybridized carbons (Fsp3) is 0.500. The molecule has 116 valence electrons. The number of benzene rings is 1. The summed E-state index contributed by atoms with van der Waals surface area (Å²) in [4.78, 5) is 9.99. The van der Waals surface area contributed by atoms with Crippen LogP contribution in [0.3, 0.4) is 0 Å². The quantitative estimate of drug-likeness (QED) is 0.503. The molecule has 1 fully saturated rings. The van der Waals surface area contributed by atoms with E-state index in [1.54, 1.807) is 0 Å². The lowest BCUT2D eigenvalue weighted by atomic mass is 10.2. The van der Waals surface area contributed by atoms with E-state index in [0.29, 0.717) is 6.42 Å². The number of nitrogen functional groups attached to an aromatic ring is 1. The van der Waals surface area contributed by atoms with Gasteiger partial charge >= 0.3 is 0 Å². The van der Waals surface area contributed by atoms with Gasteiger partial charge in [0.1, 0.15) is 0 Å². The molecule has 1 aliphatic heterocycles. The van der Waals surface area contributed by atoms with Crippen LogP contribution in [0.25, 0.3) is 0 Å². The van der Waals surface area contributed by atoms with Crippen LogP contribution in [0.15, 0.2) is 23.1 Å². The number of nitro groups is 1. The van der Waals surface area contributed by atoms with Gasteiger partial charge in [-0.05, 0) is 18.6 Å². The number of nitrogens with two attached hydrogens (primary N) is 1. The monoisotopic (exact) mass is 315 g/mol. The highest BCUT2D eigenvalue weighted by Crippen LogP contribution is 2.30. The molecule has 8 nitrogen and oxygen atoms in total. The van der Waals surface area contributed by atoms with Crippen molar-refractivity contribution < 1.29 is 18.1 Å². The molecule has 1 atom stereocenters. The lowest BCUT2D eigenvalue weighted by molar-refractivity contribution is -0.387. The van der Waals surface area contributed by atoms with Gasteiger partial charge in [0.15, 0.2) is 4.90 Å². The summed E-state index contributed by atoms with van der Waals surface area (Å²) in [7, 11) is -3.99. The summed E-state index contributed by atoms with van der Waals surface area (Å²) in [6, 6.07) is 3.23. The average molecular weight is 315 g/mol. The average Bonchev–Trinajstić information content (AvgIpc) is 2.46. The third-order valence-corrected chi connectivity index (χ3v) is 5.39. The Morgan fingerprint density at radius 2 is 2.24 bits per heavy atom. The number of hydrogen-bond acceptors (Lipinski definition) is 6. The smallest absolute Gasteiger partial charge is 0.289 e. The van der Waals surface area contributed by atoms with E-state index >= 15 is 0 Å². The maximum atomic E-state index is 12.7. The number of morpholine rings is 1. The zero-order valence-electron chi connectivity index (χ0n) is 11.6. The van der Waals surface area contributed by atoms with Crippen molar-refractivity contribution in [2.75, 3.05) is 25.5 Å². The van der Waals surface area contributed by atoms with Gasteiger partial charge in [-0.25, -0.2) is 8.42 Å². The van der Waals surface area contributed by atoms with Crippen molar-refractivity contribution in [3.63, 3.8) is 0 Å². The van der Waals surface area contributed by atoms with E-state index in [1.165, 1.54) is 10.4 Å². The van der Waals surface area contributed by atoms with Gasteiger partial charge in [0.25, 0.3) is 5.69 Å². The third-order valence-electron chi connectivity index (χ3n) is 3.41. The molecule has 2 rings (SSSR count). The second-order valence-electron chi connectivity index (χ2n) is 4.74. The van der Waals surface area contributed by atoms with E-state index in [2.05, 4.69) is 0 Å². The van der Waals surface area contributed by atoms with Gasteiger partial charge in [-0.15, -0.1) is 0 Å². The minimum absolute atomic E-state index is 0.167. The minimum atomic E-state index is -3.99. The van der Waals surface area contributed by atoms with Crippen LogP contribution in [0.1, 0.15) is 13.3 Å². The summed E-state index contributed by atoms with van der Waals surface area (Å²) in [6.45, 7) is 2.57. The number of rotatable bonds is 4. The van der Waals surface area contributed by atoms with E-state index < -0.39 is 20.6 Å². The summed E-state index contributed by atoms with van der Waals surface area (Å²) in [5, 5.41) is 11.1. The molecular weight excluding hydrogens is 298 g/mol. The highest BCUT2D eigenvalue weighted by molar-refractivity contribution is 7.89. The third kappa shape index (κ3) is 2.99. The first-order valence-electron chi connectivity index (χ1n) is 6.51. The highest BCUT2D eigenvalue weighted by atomic mass is 32.2. The van der Waals surface area contributed by atoms with Crippen LogP contribution in [0.5, 0.6) is 0 Å². The van der Waals surface area contributed by atoms with Crippen LogP contribution in [0.4, 0.5) is 11.4 Å². The first-order chi connectivity index (χ1) is 9.87. The van der Waals surface area contributed by atoms with Crippen molar-refractivity contribution in [1.29, 1.82) is 0 Å². The number of nitrogens with zero attached hydrogens (tertiary/aromatic N) is 2. The molecule has 0 aromatic heterocycles. The summed E-state index contributed by atoms with van der Waals surface area (Å²) >= 11 is 0. The lowest BCUT2D eigenvalue weighted by Crippen LogP contribution is -2.48. The Kier molecular flexibility index (Phi) is 4.45. The van der Waals surface area contributed by atoms with Gasteiger partial charge in [0, 0.05) is 24.3 Å². The van der Waals surface area contributed by atoms with E-state index in [0.717, 1.165) is 12.1 Å². The summed E-state index contributed by atoms with van der Waals surface area (Å²) < 4.78 is 32.0. The SMILES string of the molecule is CCC1COCCN1S(=O)(=O)c1cc(N)ccc1[N+](=O)[O-]. The molecule has 0 aliphatic carbocycles. The number of ether oxygens (including phenoxy) is 1. The van der Waals surface area contributed by atoms with Gasteiger partial charge in [0.05, 0.1) is 18.1 Å². The molecular formula is C12H17N3O5S. The van der Waals surface area contributed by atoms with Gasteiger partial charge in [-0.2, -0.15) is 4.31 Å². The Hall–Kier alpha value is -1.71. The van der Waals surface area contributed by atoms with E-state index in [4.69, 9.17) is 10.5 Å². The van der Waals surface area contributed by atoms with Crippen LogP contribution >= 0.6 is 0 Å². The zero-order valence-corrected chi connectivity index (χ0v) is 12.4. The molecule has 21 heavy (non-hydrogen) atoms. The van der Waals surface area contributed by atoms with Crippen molar-refractivity contribution in [3.05, 3.63) is 28.3 Å². The molecule has 1 saturated heterocycles. The van der Waals surface area contributed by atoms with Crippen molar-refractivity contribution >= 4 is 21.4 Å². The Morgan fingerprint density at radius 1 is 1.52 bits per heavy atom. The predicted molar refractivity (Wildman–Crippen MR) is 76.3 cm³/mol. The molecule has 1 unspecified atom stereocenters. The van der Waals surface area contributed by atoms with Crippen molar-refractivity contribution in [3.8, 4) is 0 Å². The molecule has 0 radical (unpaired) electrons. The second-order valence-corrected chi connectivity index (χ2v) is 6.60. The number of hydrogen-bond donors (Lipinski definition) is 1. The molecule has 0 bridgehead atoms. The van der Waals surface area contributed by atoms with E-state index in [1.807, 2.05) is 6.92 Å². The normalized spacial score (nSPS) is 20.3. The summed E-state index contributed by atoms with van der Waals surface area (Å²) in [6.07, 6.45) is 0.565. The zero-order chi connectivity index (χ0) is 15.6. The van der Waals surface area contributed by atoms with Crippen molar-refractivity contribution in [1.82, 2.24) is 4.31 Å². The summed E-state index contributed by atoms with van der Waals surface area (Å²) in [5.41, 5.74) is 5.29. The largest absolute Gasteiger partial charge is 0.399 e. The van der Waals surface area contributed by atoms with Crippen molar-refractivity contribution in [2.45, 2.75) is 24.3 Å². The number of anilines is 1. The maximum absolute atomic E-state index is 12.7. The van der Waals surface area contributed by atoms with Gasteiger partial charge in [-0.1, -0.05) is 6.92 Å². The first-order valence-corrected chi connectivity index (χ1v) is 7.95. The second kappa shape index (κ2) is 5.96. The lowest BCUT2D eigenvalue weighted by Gasteiger charge is -2.33.